The van der Waals surface area contributed by atoms with Gasteiger partial charge in [-0.3, -0.25) is 0 Å². The Balaban J connectivity index is 1.65. The first-order valence-electron chi connectivity index (χ1n) is 8.23. The molecule has 10 nitrogen and oxygen atoms in total. The van der Waals surface area contributed by atoms with Gasteiger partial charge in [0, 0.05) is 33.2 Å². The van der Waals surface area contributed by atoms with Gasteiger partial charge in [-0.25, -0.2) is 0 Å². The van der Waals surface area contributed by atoms with Crippen LogP contribution in [0.3, 0.4) is 0 Å². The van der Waals surface area contributed by atoms with E-state index >= 15 is 0 Å². The van der Waals surface area contributed by atoms with Crippen molar-refractivity contribution in [2.45, 2.75) is 10.3 Å². The summed E-state index contributed by atoms with van der Waals surface area (Å²) in [5.74, 6) is 1.37. The number of hydrogen-bond donors (Lipinski definition) is 0. The van der Waals surface area contributed by atoms with E-state index in [2.05, 4.69) is 30.0 Å². The zero-order valence-corrected chi connectivity index (χ0v) is 14.9. The number of morpholine rings is 2. The maximum atomic E-state index is 5.43. The quantitative estimate of drug-likeness (QED) is 0.727. The van der Waals surface area contributed by atoms with Crippen molar-refractivity contribution in [2.75, 3.05) is 62.4 Å². The molecular formula is C14H20N8O2S. The molecule has 0 unspecified atom stereocenters. The van der Waals surface area contributed by atoms with Crippen molar-refractivity contribution >= 4 is 23.7 Å². The molecule has 0 N–H and O–H groups in total. The first-order chi connectivity index (χ1) is 12.3. The lowest BCUT2D eigenvalue weighted by Gasteiger charge is -2.30. The average molecular weight is 364 g/mol. The molecule has 134 valence electrons. The lowest BCUT2D eigenvalue weighted by Crippen LogP contribution is -2.40. The van der Waals surface area contributed by atoms with Crippen molar-refractivity contribution in [3.05, 3.63) is 6.33 Å². The van der Waals surface area contributed by atoms with Crippen molar-refractivity contribution in [3.63, 3.8) is 0 Å². The van der Waals surface area contributed by atoms with Crippen LogP contribution in [0.25, 0.3) is 0 Å². The summed E-state index contributed by atoms with van der Waals surface area (Å²) >= 11 is 1.39. The Hall–Kier alpha value is -1.98. The smallest absolute Gasteiger partial charge is 0.231 e. The van der Waals surface area contributed by atoms with Crippen LogP contribution in [0.15, 0.2) is 16.6 Å². The number of hydrogen-bond acceptors (Lipinski definition) is 10. The molecule has 0 amide bonds. The maximum Gasteiger partial charge on any atom is 0.231 e. The molecular weight excluding hydrogens is 344 g/mol. The topological polar surface area (TPSA) is 94.3 Å². The molecule has 2 saturated heterocycles. The van der Waals surface area contributed by atoms with Gasteiger partial charge in [-0.15, -0.1) is 10.2 Å². The van der Waals surface area contributed by atoms with Crippen LogP contribution in [-0.2, 0) is 16.5 Å². The van der Waals surface area contributed by atoms with Gasteiger partial charge in [-0.1, -0.05) is 0 Å². The standard InChI is InChI=1S/C14H20N8O2S/c1-20-10-15-19-14(20)25-13-17-11(21-2-6-23-7-3-21)16-12(18-13)22-4-8-24-9-5-22/h10H,2-9H2,1H3. The number of ether oxygens (including phenoxy) is 2. The minimum atomic E-state index is 0.620. The van der Waals surface area contributed by atoms with E-state index in [0.717, 1.165) is 31.3 Å². The molecule has 2 aliphatic rings. The zero-order chi connectivity index (χ0) is 17.1. The summed E-state index contributed by atoms with van der Waals surface area (Å²) in [6.45, 7) is 5.85. The van der Waals surface area contributed by atoms with Crippen LogP contribution in [0, 0.1) is 0 Å². The second-order valence-corrected chi connectivity index (χ2v) is 6.68. The predicted molar refractivity (Wildman–Crippen MR) is 91.0 cm³/mol. The number of rotatable bonds is 4. The fraction of sp³-hybridized carbons (Fsp3) is 0.643. The molecule has 2 fully saturated rings. The van der Waals surface area contributed by atoms with Gasteiger partial charge < -0.3 is 23.8 Å². The lowest BCUT2D eigenvalue weighted by molar-refractivity contribution is 0.121. The van der Waals surface area contributed by atoms with Crippen LogP contribution in [0.5, 0.6) is 0 Å². The molecule has 0 radical (unpaired) electrons. The second-order valence-electron chi connectivity index (χ2n) is 5.74. The van der Waals surface area contributed by atoms with Crippen LogP contribution in [0.4, 0.5) is 11.9 Å². The molecule has 2 aromatic rings. The van der Waals surface area contributed by atoms with E-state index < -0.39 is 0 Å². The first-order valence-corrected chi connectivity index (χ1v) is 9.04. The highest BCUT2D eigenvalue weighted by molar-refractivity contribution is 7.99. The van der Waals surface area contributed by atoms with E-state index in [9.17, 15) is 0 Å². The normalized spacial score (nSPS) is 18.6. The number of aryl methyl sites for hydroxylation is 1. The van der Waals surface area contributed by atoms with Crippen molar-refractivity contribution in [3.8, 4) is 0 Å². The molecule has 0 aromatic carbocycles. The monoisotopic (exact) mass is 364 g/mol. The zero-order valence-electron chi connectivity index (χ0n) is 14.0. The Morgan fingerprint density at radius 3 is 1.92 bits per heavy atom. The molecule has 25 heavy (non-hydrogen) atoms. The highest BCUT2D eigenvalue weighted by Crippen LogP contribution is 2.26. The van der Waals surface area contributed by atoms with Crippen LogP contribution >= 0.6 is 11.8 Å². The summed E-state index contributed by atoms with van der Waals surface area (Å²) in [6, 6.07) is 0. The molecule has 11 heteroatoms. The molecule has 2 aromatic heterocycles. The van der Waals surface area contributed by atoms with Gasteiger partial charge in [0.2, 0.25) is 17.1 Å². The summed E-state index contributed by atoms with van der Waals surface area (Å²) in [7, 11) is 1.90. The SMILES string of the molecule is Cn1cnnc1Sc1nc(N2CCOCC2)nc(N2CCOCC2)n1. The van der Waals surface area contributed by atoms with Crippen molar-refractivity contribution in [2.24, 2.45) is 7.05 Å². The van der Waals surface area contributed by atoms with Gasteiger partial charge in [0.15, 0.2) is 5.16 Å². The number of anilines is 2. The summed E-state index contributed by atoms with van der Waals surface area (Å²) in [5.41, 5.74) is 0. The molecule has 0 saturated carbocycles. The van der Waals surface area contributed by atoms with Gasteiger partial charge in [0.05, 0.1) is 26.4 Å². The molecule has 4 heterocycles. The van der Waals surface area contributed by atoms with Crippen molar-refractivity contribution < 1.29 is 9.47 Å². The highest BCUT2D eigenvalue weighted by Gasteiger charge is 2.21. The molecule has 0 spiro atoms. The average Bonchev–Trinajstić information content (AvgIpc) is 3.07. The van der Waals surface area contributed by atoms with Gasteiger partial charge in [0.1, 0.15) is 6.33 Å². The predicted octanol–water partition coefficient (Wildman–Crippen LogP) is -0.175. The third kappa shape index (κ3) is 3.83. The Kier molecular flexibility index (Phi) is 4.95. The number of aromatic nitrogens is 6. The minimum absolute atomic E-state index is 0.620. The largest absolute Gasteiger partial charge is 0.378 e. The van der Waals surface area contributed by atoms with Gasteiger partial charge in [0.25, 0.3) is 0 Å². The summed E-state index contributed by atoms with van der Waals surface area (Å²) in [4.78, 5) is 18.2. The van der Waals surface area contributed by atoms with Crippen LogP contribution in [-0.4, -0.2) is 82.3 Å². The molecule has 4 rings (SSSR count). The van der Waals surface area contributed by atoms with Crippen LogP contribution in [0.2, 0.25) is 0 Å². The van der Waals surface area contributed by atoms with E-state index in [1.165, 1.54) is 11.8 Å². The van der Waals surface area contributed by atoms with E-state index in [0.29, 0.717) is 43.5 Å². The summed E-state index contributed by atoms with van der Waals surface area (Å²) < 4.78 is 12.7. The summed E-state index contributed by atoms with van der Waals surface area (Å²) in [6.07, 6.45) is 1.66. The third-order valence-electron chi connectivity index (χ3n) is 4.03. The van der Waals surface area contributed by atoms with Gasteiger partial charge in [-0.05, 0) is 11.8 Å². The van der Waals surface area contributed by atoms with E-state index in [-0.39, 0.29) is 0 Å². The Morgan fingerprint density at radius 2 is 1.44 bits per heavy atom. The first kappa shape index (κ1) is 16.5. The maximum absolute atomic E-state index is 5.43. The fourth-order valence-electron chi connectivity index (χ4n) is 2.64. The summed E-state index contributed by atoms with van der Waals surface area (Å²) in [5, 5.41) is 9.38. The highest BCUT2D eigenvalue weighted by atomic mass is 32.2. The van der Waals surface area contributed by atoms with Crippen molar-refractivity contribution in [1.29, 1.82) is 0 Å². The van der Waals surface area contributed by atoms with Crippen LogP contribution < -0.4 is 9.80 Å². The number of nitrogens with zero attached hydrogens (tertiary/aromatic N) is 8. The Labute approximate surface area is 149 Å². The van der Waals surface area contributed by atoms with Crippen molar-refractivity contribution in [1.82, 2.24) is 29.7 Å². The third-order valence-corrected chi connectivity index (χ3v) is 4.95. The Morgan fingerprint density at radius 1 is 0.880 bits per heavy atom. The van der Waals surface area contributed by atoms with Gasteiger partial charge in [-0.2, -0.15) is 15.0 Å². The second kappa shape index (κ2) is 7.50. The molecule has 0 atom stereocenters. The lowest BCUT2D eigenvalue weighted by atomic mass is 10.4. The van der Waals surface area contributed by atoms with E-state index in [4.69, 9.17) is 14.5 Å². The van der Waals surface area contributed by atoms with Crippen LogP contribution in [0.1, 0.15) is 0 Å². The minimum Gasteiger partial charge on any atom is -0.378 e. The van der Waals surface area contributed by atoms with E-state index in [1.54, 1.807) is 6.33 Å². The molecule has 2 aliphatic heterocycles. The van der Waals surface area contributed by atoms with E-state index in [1.807, 2.05) is 11.6 Å². The Bertz CT molecular complexity index is 678. The molecule has 0 bridgehead atoms. The fourth-order valence-corrected chi connectivity index (χ4v) is 3.33. The molecule has 0 aliphatic carbocycles. The van der Waals surface area contributed by atoms with Gasteiger partial charge >= 0.3 is 0 Å².